The van der Waals surface area contributed by atoms with Crippen molar-refractivity contribution in [1.82, 2.24) is 0 Å². The number of nitrogens with one attached hydrogen (secondary N) is 1. The van der Waals surface area contributed by atoms with Crippen LogP contribution in [0.2, 0.25) is 0 Å². The van der Waals surface area contributed by atoms with E-state index in [0.29, 0.717) is 11.7 Å². The lowest BCUT2D eigenvalue weighted by Gasteiger charge is -2.07. The summed E-state index contributed by atoms with van der Waals surface area (Å²) in [6.07, 6.45) is 2.75. The summed E-state index contributed by atoms with van der Waals surface area (Å²) in [4.78, 5) is 11.7. The number of ether oxygens (including phenoxy) is 1. The van der Waals surface area contributed by atoms with Crippen molar-refractivity contribution >= 4 is 11.6 Å². The van der Waals surface area contributed by atoms with Gasteiger partial charge >= 0.3 is 0 Å². The van der Waals surface area contributed by atoms with Crippen molar-refractivity contribution in [2.45, 2.75) is 19.8 Å². The Kier molecular flexibility index (Phi) is 5.16. The van der Waals surface area contributed by atoms with Gasteiger partial charge < -0.3 is 10.1 Å². The second-order valence-corrected chi connectivity index (χ2v) is 5.00. The van der Waals surface area contributed by atoms with Gasteiger partial charge in [-0.25, -0.2) is 0 Å². The number of amides is 1. The summed E-state index contributed by atoms with van der Waals surface area (Å²) in [5.41, 5.74) is 2.02. The normalized spacial score (nSPS) is 10.8. The van der Waals surface area contributed by atoms with E-state index in [1.165, 1.54) is 17.9 Å². The molecule has 0 aliphatic carbocycles. The van der Waals surface area contributed by atoms with Crippen LogP contribution in [-0.4, -0.2) is 5.91 Å². The van der Waals surface area contributed by atoms with Crippen molar-refractivity contribution in [3.8, 4) is 5.75 Å². The lowest BCUT2D eigenvalue weighted by Crippen LogP contribution is -2.08. The Labute approximate surface area is 125 Å². The molecule has 0 aliphatic rings. The van der Waals surface area contributed by atoms with Crippen molar-refractivity contribution in [3.63, 3.8) is 0 Å². The molecule has 0 aromatic heterocycles. The summed E-state index contributed by atoms with van der Waals surface area (Å²) >= 11 is 0. The Bertz CT molecular complexity index is 601. The van der Waals surface area contributed by atoms with Gasteiger partial charge in [0.05, 0.1) is 6.26 Å². The van der Waals surface area contributed by atoms with Crippen LogP contribution in [0.4, 0.5) is 5.69 Å². The first-order valence-corrected chi connectivity index (χ1v) is 6.94. The zero-order valence-corrected chi connectivity index (χ0v) is 12.2. The standard InChI is InChI=1S/C18H19NO2/c1-14(2)15-8-10-16(11-9-15)19-18(20)12-13-21-17-6-4-3-5-7-17/h3-14H,1-2H3,(H,19,20). The van der Waals surface area contributed by atoms with Gasteiger partial charge in [0.1, 0.15) is 5.75 Å². The topological polar surface area (TPSA) is 38.3 Å². The minimum atomic E-state index is -0.219. The summed E-state index contributed by atoms with van der Waals surface area (Å²) in [7, 11) is 0. The highest BCUT2D eigenvalue weighted by molar-refractivity contribution is 5.99. The molecular formula is C18H19NO2. The first-order valence-electron chi connectivity index (χ1n) is 6.94. The minimum Gasteiger partial charge on any atom is -0.465 e. The fraction of sp³-hybridized carbons (Fsp3) is 0.167. The van der Waals surface area contributed by atoms with Crippen LogP contribution in [0.5, 0.6) is 5.75 Å². The molecule has 0 heterocycles. The second kappa shape index (κ2) is 7.29. The van der Waals surface area contributed by atoms with Crippen LogP contribution < -0.4 is 10.1 Å². The molecule has 1 N–H and O–H groups in total. The molecule has 2 rings (SSSR count). The maximum Gasteiger partial charge on any atom is 0.251 e. The van der Waals surface area contributed by atoms with Gasteiger partial charge in [-0.15, -0.1) is 0 Å². The van der Waals surface area contributed by atoms with Crippen LogP contribution in [0, 0.1) is 0 Å². The van der Waals surface area contributed by atoms with Gasteiger partial charge in [0.15, 0.2) is 0 Å². The predicted octanol–water partition coefficient (Wildman–Crippen LogP) is 4.34. The van der Waals surface area contributed by atoms with Crippen LogP contribution in [0.1, 0.15) is 25.3 Å². The molecule has 21 heavy (non-hydrogen) atoms. The molecule has 108 valence electrons. The molecule has 0 fully saturated rings. The average Bonchev–Trinajstić information content (AvgIpc) is 2.49. The Morgan fingerprint density at radius 1 is 1.05 bits per heavy atom. The molecule has 0 unspecified atom stereocenters. The van der Waals surface area contributed by atoms with Crippen LogP contribution in [-0.2, 0) is 4.79 Å². The van der Waals surface area contributed by atoms with Crippen molar-refractivity contribution in [1.29, 1.82) is 0 Å². The van der Waals surface area contributed by atoms with Crippen LogP contribution in [0.25, 0.3) is 0 Å². The first-order chi connectivity index (χ1) is 10.1. The molecule has 0 atom stereocenters. The Morgan fingerprint density at radius 3 is 2.33 bits per heavy atom. The number of benzene rings is 2. The third-order valence-electron chi connectivity index (χ3n) is 3.01. The van der Waals surface area contributed by atoms with E-state index in [1.54, 1.807) is 0 Å². The van der Waals surface area contributed by atoms with Gasteiger partial charge in [-0.1, -0.05) is 44.2 Å². The SMILES string of the molecule is CC(C)c1ccc(NC(=O)C=COc2ccccc2)cc1. The van der Waals surface area contributed by atoms with Gasteiger partial charge in [-0.3, -0.25) is 4.79 Å². The molecule has 0 aliphatic heterocycles. The molecule has 0 spiro atoms. The van der Waals surface area contributed by atoms with Crippen LogP contribution in [0.3, 0.4) is 0 Å². The van der Waals surface area contributed by atoms with Crippen molar-refractivity contribution in [2.75, 3.05) is 5.32 Å². The highest BCUT2D eigenvalue weighted by Gasteiger charge is 2.01. The second-order valence-electron chi connectivity index (χ2n) is 5.00. The molecule has 1 amide bonds. The fourth-order valence-corrected chi connectivity index (χ4v) is 1.81. The molecule has 3 nitrogen and oxygen atoms in total. The number of carbonyl (C=O) groups excluding carboxylic acids is 1. The van der Waals surface area contributed by atoms with E-state index in [1.807, 2.05) is 54.6 Å². The lowest BCUT2D eigenvalue weighted by molar-refractivity contribution is -0.112. The summed E-state index contributed by atoms with van der Waals surface area (Å²) in [6, 6.07) is 17.1. The average molecular weight is 281 g/mol. The van der Waals surface area contributed by atoms with E-state index in [-0.39, 0.29) is 5.91 Å². The summed E-state index contributed by atoms with van der Waals surface area (Å²) in [5.74, 6) is 0.958. The van der Waals surface area contributed by atoms with Crippen molar-refractivity contribution < 1.29 is 9.53 Å². The van der Waals surface area contributed by atoms with Gasteiger partial charge in [0, 0.05) is 11.8 Å². The molecular weight excluding hydrogens is 262 g/mol. The van der Waals surface area contributed by atoms with E-state index in [0.717, 1.165) is 5.69 Å². The fourth-order valence-electron chi connectivity index (χ4n) is 1.81. The van der Waals surface area contributed by atoms with Gasteiger partial charge in [-0.2, -0.15) is 0 Å². The number of anilines is 1. The maximum atomic E-state index is 11.7. The molecule has 0 saturated heterocycles. The highest BCUT2D eigenvalue weighted by atomic mass is 16.5. The lowest BCUT2D eigenvalue weighted by atomic mass is 10.0. The zero-order valence-electron chi connectivity index (χ0n) is 12.2. The maximum absolute atomic E-state index is 11.7. The highest BCUT2D eigenvalue weighted by Crippen LogP contribution is 2.17. The molecule has 3 heteroatoms. The molecule has 2 aromatic rings. The van der Waals surface area contributed by atoms with Gasteiger partial charge in [0.25, 0.3) is 5.91 Å². The van der Waals surface area contributed by atoms with Gasteiger partial charge in [0.2, 0.25) is 0 Å². The Balaban J connectivity index is 1.86. The van der Waals surface area contributed by atoms with Crippen molar-refractivity contribution in [3.05, 3.63) is 72.5 Å². The monoisotopic (exact) mass is 281 g/mol. The minimum absolute atomic E-state index is 0.219. The summed E-state index contributed by atoms with van der Waals surface area (Å²) < 4.78 is 5.32. The largest absolute Gasteiger partial charge is 0.465 e. The third-order valence-corrected chi connectivity index (χ3v) is 3.01. The molecule has 2 aromatic carbocycles. The first kappa shape index (κ1) is 14.9. The number of carbonyl (C=O) groups is 1. The molecule has 0 saturated carbocycles. The summed E-state index contributed by atoms with van der Waals surface area (Å²) in [5, 5.41) is 2.79. The molecule has 0 radical (unpaired) electrons. The molecule has 0 bridgehead atoms. The van der Waals surface area contributed by atoms with Gasteiger partial charge in [-0.05, 0) is 35.7 Å². The number of hydrogen-bond donors (Lipinski definition) is 1. The summed E-state index contributed by atoms with van der Waals surface area (Å²) in [6.45, 7) is 4.27. The van der Waals surface area contributed by atoms with Crippen LogP contribution in [0.15, 0.2) is 66.9 Å². The number of hydrogen-bond acceptors (Lipinski definition) is 2. The van der Waals surface area contributed by atoms with E-state index in [9.17, 15) is 4.79 Å². The van der Waals surface area contributed by atoms with E-state index in [2.05, 4.69) is 19.2 Å². The quantitative estimate of drug-likeness (QED) is 0.654. The number of para-hydroxylation sites is 1. The van der Waals surface area contributed by atoms with E-state index < -0.39 is 0 Å². The Morgan fingerprint density at radius 2 is 1.71 bits per heavy atom. The predicted molar refractivity (Wildman–Crippen MR) is 85.4 cm³/mol. The third kappa shape index (κ3) is 4.80. The smallest absolute Gasteiger partial charge is 0.251 e. The van der Waals surface area contributed by atoms with E-state index >= 15 is 0 Å². The zero-order chi connectivity index (χ0) is 15.1. The Hall–Kier alpha value is -2.55. The van der Waals surface area contributed by atoms with Crippen LogP contribution >= 0.6 is 0 Å². The van der Waals surface area contributed by atoms with Crippen molar-refractivity contribution in [2.24, 2.45) is 0 Å². The van der Waals surface area contributed by atoms with E-state index in [4.69, 9.17) is 4.74 Å². The number of rotatable bonds is 5.